The first kappa shape index (κ1) is 15.4. The number of aryl methyl sites for hydroxylation is 1. The van der Waals surface area contributed by atoms with Gasteiger partial charge in [-0.15, -0.1) is 0 Å². The van der Waals surface area contributed by atoms with Crippen LogP contribution in [0.25, 0.3) is 0 Å². The minimum Gasteiger partial charge on any atom is -0.497 e. The van der Waals surface area contributed by atoms with Gasteiger partial charge in [-0.1, -0.05) is 19.9 Å². The second-order valence-electron chi connectivity index (χ2n) is 4.39. The molecular weight excluding hydrogens is 242 g/mol. The van der Waals surface area contributed by atoms with Crippen LogP contribution >= 0.6 is 11.8 Å². The molecule has 0 bridgehead atoms. The summed E-state index contributed by atoms with van der Waals surface area (Å²) in [7, 11) is 1.72. The fourth-order valence-electron chi connectivity index (χ4n) is 1.98. The van der Waals surface area contributed by atoms with Gasteiger partial charge in [-0.05, 0) is 48.9 Å². The molecule has 0 spiro atoms. The highest BCUT2D eigenvalue weighted by Crippen LogP contribution is 2.25. The molecule has 0 aliphatic rings. The van der Waals surface area contributed by atoms with E-state index >= 15 is 0 Å². The third-order valence-electron chi connectivity index (χ3n) is 2.98. The molecule has 1 N–H and O–H groups in total. The predicted octanol–water partition coefficient (Wildman–Crippen LogP) is 3.80. The molecule has 1 unspecified atom stereocenters. The van der Waals surface area contributed by atoms with Crippen LogP contribution in [0.2, 0.25) is 0 Å². The van der Waals surface area contributed by atoms with Crippen LogP contribution in [0.5, 0.6) is 5.75 Å². The Bertz CT molecular complexity index is 346. The fraction of sp³-hybridized carbons (Fsp3) is 0.600. The van der Waals surface area contributed by atoms with Gasteiger partial charge in [0.05, 0.1) is 7.11 Å². The summed E-state index contributed by atoms with van der Waals surface area (Å²) in [5.41, 5.74) is 2.70. The van der Waals surface area contributed by atoms with Crippen molar-refractivity contribution in [3.63, 3.8) is 0 Å². The Hall–Kier alpha value is -0.670. The highest BCUT2D eigenvalue weighted by atomic mass is 32.2. The minimum atomic E-state index is 0.445. The summed E-state index contributed by atoms with van der Waals surface area (Å²) in [6.45, 7) is 7.65. The summed E-state index contributed by atoms with van der Waals surface area (Å²) < 4.78 is 5.27. The van der Waals surface area contributed by atoms with E-state index in [0.717, 1.165) is 18.0 Å². The van der Waals surface area contributed by atoms with Crippen molar-refractivity contribution < 1.29 is 4.74 Å². The summed E-state index contributed by atoms with van der Waals surface area (Å²) in [5.74, 6) is 3.23. The third-order valence-corrected chi connectivity index (χ3v) is 3.96. The molecule has 1 atom stereocenters. The molecule has 0 saturated heterocycles. The van der Waals surface area contributed by atoms with Crippen molar-refractivity contribution in [1.29, 1.82) is 0 Å². The molecule has 0 aliphatic heterocycles. The third kappa shape index (κ3) is 4.54. The van der Waals surface area contributed by atoms with Gasteiger partial charge in [0.15, 0.2) is 0 Å². The van der Waals surface area contributed by atoms with Crippen LogP contribution in [0.1, 0.15) is 37.4 Å². The van der Waals surface area contributed by atoms with Gasteiger partial charge in [0.1, 0.15) is 5.75 Å². The molecule has 0 aliphatic carbocycles. The Morgan fingerprint density at radius 3 is 2.67 bits per heavy atom. The number of nitrogens with one attached hydrogen (secondary N) is 1. The molecule has 0 heterocycles. The molecule has 0 fully saturated rings. The summed E-state index contributed by atoms with van der Waals surface area (Å²) in [6, 6.07) is 6.81. The molecule has 2 nitrogen and oxygen atoms in total. The Balaban J connectivity index is 2.82. The zero-order chi connectivity index (χ0) is 13.4. The largest absolute Gasteiger partial charge is 0.497 e. The molecule has 3 heteroatoms. The Labute approximate surface area is 116 Å². The Kier molecular flexibility index (Phi) is 7.21. The molecule has 0 saturated carbocycles. The van der Waals surface area contributed by atoms with E-state index in [1.165, 1.54) is 23.3 Å². The molecular formula is C15H25NOS. The van der Waals surface area contributed by atoms with E-state index in [4.69, 9.17) is 4.74 Å². The lowest BCUT2D eigenvalue weighted by atomic mass is 10.0. The van der Waals surface area contributed by atoms with E-state index in [-0.39, 0.29) is 0 Å². The number of thioether (sulfide) groups is 1. The van der Waals surface area contributed by atoms with E-state index in [0.29, 0.717) is 6.04 Å². The van der Waals surface area contributed by atoms with Gasteiger partial charge in [0.2, 0.25) is 0 Å². The highest BCUT2D eigenvalue weighted by Gasteiger charge is 2.13. The van der Waals surface area contributed by atoms with Crippen LogP contribution in [-0.2, 0) is 0 Å². The monoisotopic (exact) mass is 267 g/mol. The van der Waals surface area contributed by atoms with Crippen LogP contribution in [0.3, 0.4) is 0 Å². The molecule has 0 amide bonds. The summed E-state index contributed by atoms with van der Waals surface area (Å²) in [4.78, 5) is 0. The van der Waals surface area contributed by atoms with Gasteiger partial charge in [-0.25, -0.2) is 0 Å². The number of methoxy groups -OCH3 is 1. The topological polar surface area (TPSA) is 21.3 Å². The van der Waals surface area contributed by atoms with Gasteiger partial charge in [0, 0.05) is 11.8 Å². The van der Waals surface area contributed by atoms with Gasteiger partial charge in [-0.2, -0.15) is 11.8 Å². The number of benzene rings is 1. The molecule has 0 radical (unpaired) electrons. The van der Waals surface area contributed by atoms with Crippen molar-refractivity contribution in [2.45, 2.75) is 33.2 Å². The SMILES string of the molecule is CCCNC(CSCC)c1ccc(OC)cc1C. The lowest BCUT2D eigenvalue weighted by molar-refractivity contribution is 0.414. The number of hydrogen-bond acceptors (Lipinski definition) is 3. The lowest BCUT2D eigenvalue weighted by Crippen LogP contribution is -2.25. The molecule has 1 aromatic carbocycles. The van der Waals surface area contributed by atoms with Crippen molar-refractivity contribution in [3.8, 4) is 5.75 Å². The van der Waals surface area contributed by atoms with Crippen molar-refractivity contribution in [2.75, 3.05) is 25.2 Å². The molecule has 1 rings (SSSR count). The maximum atomic E-state index is 5.27. The van der Waals surface area contributed by atoms with E-state index in [1.807, 2.05) is 11.8 Å². The van der Waals surface area contributed by atoms with Crippen molar-refractivity contribution in [3.05, 3.63) is 29.3 Å². The van der Waals surface area contributed by atoms with Gasteiger partial charge >= 0.3 is 0 Å². The Morgan fingerprint density at radius 1 is 1.33 bits per heavy atom. The van der Waals surface area contributed by atoms with Crippen molar-refractivity contribution >= 4 is 11.8 Å². The van der Waals surface area contributed by atoms with Crippen LogP contribution in [0.4, 0.5) is 0 Å². The number of hydrogen-bond donors (Lipinski definition) is 1. The van der Waals surface area contributed by atoms with Crippen LogP contribution in [0.15, 0.2) is 18.2 Å². The van der Waals surface area contributed by atoms with Crippen LogP contribution in [-0.4, -0.2) is 25.2 Å². The first-order chi connectivity index (χ1) is 8.72. The van der Waals surface area contributed by atoms with Crippen LogP contribution < -0.4 is 10.1 Å². The van der Waals surface area contributed by atoms with E-state index < -0.39 is 0 Å². The van der Waals surface area contributed by atoms with E-state index in [1.54, 1.807) is 7.11 Å². The first-order valence-corrected chi connectivity index (χ1v) is 7.84. The molecule has 1 aromatic rings. The van der Waals surface area contributed by atoms with E-state index in [2.05, 4.69) is 44.3 Å². The smallest absolute Gasteiger partial charge is 0.119 e. The van der Waals surface area contributed by atoms with Crippen molar-refractivity contribution in [1.82, 2.24) is 5.32 Å². The average Bonchev–Trinajstić information content (AvgIpc) is 2.39. The zero-order valence-corrected chi connectivity index (χ0v) is 12.8. The summed E-state index contributed by atoms with van der Waals surface area (Å²) in [5, 5.41) is 3.64. The second-order valence-corrected chi connectivity index (χ2v) is 5.71. The van der Waals surface area contributed by atoms with Crippen LogP contribution in [0, 0.1) is 6.92 Å². The van der Waals surface area contributed by atoms with Gasteiger partial charge < -0.3 is 10.1 Å². The molecule has 102 valence electrons. The van der Waals surface area contributed by atoms with Crippen molar-refractivity contribution in [2.24, 2.45) is 0 Å². The van der Waals surface area contributed by atoms with Gasteiger partial charge in [0.25, 0.3) is 0 Å². The summed E-state index contributed by atoms with van der Waals surface area (Å²) >= 11 is 1.99. The zero-order valence-electron chi connectivity index (χ0n) is 12.0. The fourth-order valence-corrected chi connectivity index (χ4v) is 2.75. The lowest BCUT2D eigenvalue weighted by Gasteiger charge is -2.21. The highest BCUT2D eigenvalue weighted by molar-refractivity contribution is 7.99. The van der Waals surface area contributed by atoms with E-state index in [9.17, 15) is 0 Å². The Morgan fingerprint density at radius 2 is 2.11 bits per heavy atom. The quantitative estimate of drug-likeness (QED) is 0.774. The molecule has 0 aromatic heterocycles. The summed E-state index contributed by atoms with van der Waals surface area (Å²) in [6.07, 6.45) is 1.17. The first-order valence-electron chi connectivity index (χ1n) is 6.68. The predicted molar refractivity (Wildman–Crippen MR) is 81.8 cm³/mol. The standard InChI is InChI=1S/C15H25NOS/c1-5-9-16-15(11-18-6-2)14-8-7-13(17-4)10-12(14)3/h7-8,10,15-16H,5-6,9,11H2,1-4H3. The normalized spacial score (nSPS) is 12.4. The molecule has 18 heavy (non-hydrogen) atoms. The average molecular weight is 267 g/mol. The second kappa shape index (κ2) is 8.44. The minimum absolute atomic E-state index is 0.445. The maximum Gasteiger partial charge on any atom is 0.119 e. The number of ether oxygens (including phenoxy) is 1. The maximum absolute atomic E-state index is 5.27. The number of rotatable bonds is 8. The van der Waals surface area contributed by atoms with Gasteiger partial charge in [-0.3, -0.25) is 0 Å².